The maximum atomic E-state index is 13.0. The van der Waals surface area contributed by atoms with Crippen molar-refractivity contribution in [3.8, 4) is 11.8 Å². The van der Waals surface area contributed by atoms with E-state index in [2.05, 4.69) is 11.5 Å². The van der Waals surface area contributed by atoms with Crippen molar-refractivity contribution < 1.29 is 14.3 Å². The van der Waals surface area contributed by atoms with Gasteiger partial charge in [0.05, 0.1) is 24.7 Å². The summed E-state index contributed by atoms with van der Waals surface area (Å²) in [7, 11) is 1.57. The van der Waals surface area contributed by atoms with E-state index in [0.717, 1.165) is 5.56 Å². The number of rotatable bonds is 4. The Balaban J connectivity index is 1.78. The minimum absolute atomic E-state index is 0.0574. The summed E-state index contributed by atoms with van der Waals surface area (Å²) in [5, 5.41) is 11.9. The normalized spacial score (nSPS) is 18.2. The third-order valence-electron chi connectivity index (χ3n) is 5.68. The van der Waals surface area contributed by atoms with Crippen molar-refractivity contribution in [2.75, 3.05) is 7.11 Å². The van der Waals surface area contributed by atoms with Crippen LogP contribution in [-0.4, -0.2) is 23.8 Å². The lowest BCUT2D eigenvalue weighted by molar-refractivity contribution is -0.116. The predicted molar refractivity (Wildman–Crippen MR) is 119 cm³/mol. The Hall–Kier alpha value is -3.76. The molecule has 0 spiro atoms. The average molecular weight is 449 g/mol. The number of allylic oxidation sites excluding steroid dienone is 3. The fraction of sp³-hybridized carbons (Fsp3) is 0.208. The van der Waals surface area contributed by atoms with Crippen LogP contribution in [0.25, 0.3) is 0 Å². The molecule has 32 heavy (non-hydrogen) atoms. The van der Waals surface area contributed by atoms with E-state index in [1.54, 1.807) is 43.5 Å². The number of ether oxygens (including phenoxy) is 1. The summed E-state index contributed by atoms with van der Waals surface area (Å²) in [6, 6.07) is 15.8. The number of methoxy groups -OCH3 is 1. The molecule has 0 bridgehead atoms. The van der Waals surface area contributed by atoms with E-state index in [9.17, 15) is 14.9 Å². The lowest BCUT2D eigenvalue weighted by Gasteiger charge is -2.39. The highest BCUT2D eigenvalue weighted by atomic mass is 35.5. The number of hydrogen-bond donors (Lipinski definition) is 2. The molecule has 2 aliphatic rings. The second-order valence-corrected chi connectivity index (χ2v) is 7.97. The van der Waals surface area contributed by atoms with Crippen LogP contribution in [0.3, 0.4) is 0 Å². The zero-order valence-electron chi connectivity index (χ0n) is 17.4. The fourth-order valence-electron chi connectivity index (χ4n) is 4.11. The van der Waals surface area contributed by atoms with Gasteiger partial charge in [0, 0.05) is 28.3 Å². The number of benzene rings is 2. The van der Waals surface area contributed by atoms with Crippen molar-refractivity contribution >= 4 is 23.3 Å². The van der Waals surface area contributed by atoms with Gasteiger partial charge >= 0.3 is 0 Å². The summed E-state index contributed by atoms with van der Waals surface area (Å²) in [4.78, 5) is 25.9. The second kappa shape index (κ2) is 8.77. The van der Waals surface area contributed by atoms with E-state index in [0.29, 0.717) is 46.9 Å². The van der Waals surface area contributed by atoms with Gasteiger partial charge in [-0.2, -0.15) is 5.26 Å². The standard InChI is InChI=1S/C24H21ClN4O3/c1-32-17-11-7-14(8-12-17)21-18(13-26)23(27)29(19-3-2-4-20(30)22(19)21)28-24(31)15-5-9-16(25)10-6-15/h5-12,21H,2-4,27H2,1H3,(H,28,31). The number of halogens is 1. The molecule has 0 radical (unpaired) electrons. The van der Waals surface area contributed by atoms with Crippen LogP contribution in [0.5, 0.6) is 5.75 Å². The van der Waals surface area contributed by atoms with Gasteiger partial charge in [-0.3, -0.25) is 15.0 Å². The maximum Gasteiger partial charge on any atom is 0.270 e. The maximum absolute atomic E-state index is 13.0. The number of nitriles is 1. The third-order valence-corrected chi connectivity index (χ3v) is 5.93. The number of nitrogens with two attached hydrogens (primary N) is 1. The van der Waals surface area contributed by atoms with E-state index in [1.807, 2.05) is 12.1 Å². The van der Waals surface area contributed by atoms with E-state index in [-0.39, 0.29) is 17.2 Å². The van der Waals surface area contributed by atoms with Crippen molar-refractivity contribution in [2.45, 2.75) is 25.2 Å². The summed E-state index contributed by atoms with van der Waals surface area (Å²) < 4.78 is 5.22. The molecule has 2 aromatic carbocycles. The Morgan fingerprint density at radius 2 is 1.88 bits per heavy atom. The van der Waals surface area contributed by atoms with Crippen LogP contribution in [0.15, 0.2) is 71.2 Å². The lowest BCUT2D eigenvalue weighted by Crippen LogP contribution is -2.48. The highest BCUT2D eigenvalue weighted by Crippen LogP contribution is 2.44. The van der Waals surface area contributed by atoms with Gasteiger partial charge < -0.3 is 10.5 Å². The number of carbonyl (C=O) groups is 2. The van der Waals surface area contributed by atoms with Crippen LogP contribution in [-0.2, 0) is 4.79 Å². The molecule has 4 rings (SSSR count). The quantitative estimate of drug-likeness (QED) is 0.736. The number of hydrogen-bond acceptors (Lipinski definition) is 6. The van der Waals surface area contributed by atoms with E-state index in [4.69, 9.17) is 22.1 Å². The van der Waals surface area contributed by atoms with Gasteiger partial charge in [-0.15, -0.1) is 0 Å². The minimum atomic E-state index is -0.600. The van der Waals surface area contributed by atoms with Gasteiger partial charge in [0.15, 0.2) is 5.78 Å². The number of hydrazine groups is 1. The van der Waals surface area contributed by atoms with Crippen LogP contribution >= 0.6 is 11.6 Å². The molecular weight excluding hydrogens is 428 g/mol. The van der Waals surface area contributed by atoms with Gasteiger partial charge in [0.2, 0.25) is 0 Å². The molecule has 1 amide bonds. The van der Waals surface area contributed by atoms with Crippen LogP contribution in [0.4, 0.5) is 0 Å². The highest BCUT2D eigenvalue weighted by Gasteiger charge is 2.40. The van der Waals surface area contributed by atoms with E-state index in [1.165, 1.54) is 5.01 Å². The molecule has 1 aliphatic heterocycles. The van der Waals surface area contributed by atoms with Crippen LogP contribution in [0.2, 0.25) is 5.02 Å². The first-order chi connectivity index (χ1) is 15.4. The molecule has 2 aromatic rings. The highest BCUT2D eigenvalue weighted by molar-refractivity contribution is 6.30. The van der Waals surface area contributed by atoms with E-state index >= 15 is 0 Å². The average Bonchev–Trinajstić information content (AvgIpc) is 2.81. The van der Waals surface area contributed by atoms with Crippen LogP contribution < -0.4 is 15.9 Å². The number of amides is 1. The summed E-state index contributed by atoms with van der Waals surface area (Å²) in [6.07, 6.45) is 1.56. The summed E-state index contributed by atoms with van der Waals surface area (Å²) in [6.45, 7) is 0. The smallest absolute Gasteiger partial charge is 0.270 e. The van der Waals surface area contributed by atoms with Crippen molar-refractivity contribution in [2.24, 2.45) is 5.73 Å². The van der Waals surface area contributed by atoms with Gasteiger partial charge in [0.25, 0.3) is 5.91 Å². The lowest BCUT2D eigenvalue weighted by atomic mass is 9.76. The first-order valence-electron chi connectivity index (χ1n) is 10.1. The van der Waals surface area contributed by atoms with Crippen molar-refractivity contribution in [1.29, 1.82) is 5.26 Å². The predicted octanol–water partition coefficient (Wildman–Crippen LogP) is 3.79. The molecule has 1 heterocycles. The molecule has 1 aliphatic carbocycles. The number of carbonyl (C=O) groups excluding carboxylic acids is 2. The number of nitrogens with one attached hydrogen (secondary N) is 1. The zero-order chi connectivity index (χ0) is 22.8. The third kappa shape index (κ3) is 3.81. The second-order valence-electron chi connectivity index (χ2n) is 7.54. The Morgan fingerprint density at radius 1 is 1.19 bits per heavy atom. The molecule has 0 aromatic heterocycles. The minimum Gasteiger partial charge on any atom is -0.497 e. The molecule has 0 fully saturated rings. The largest absolute Gasteiger partial charge is 0.497 e. The Bertz CT molecular complexity index is 1180. The molecule has 0 saturated carbocycles. The molecule has 162 valence electrons. The van der Waals surface area contributed by atoms with Gasteiger partial charge in [-0.05, 0) is 54.8 Å². The molecular formula is C24H21ClN4O3. The SMILES string of the molecule is COc1ccc(C2C(C#N)=C(N)N(NC(=O)c3ccc(Cl)cc3)C3=C2C(=O)CCC3)cc1. The Morgan fingerprint density at radius 3 is 2.50 bits per heavy atom. The molecule has 7 nitrogen and oxygen atoms in total. The van der Waals surface area contributed by atoms with E-state index < -0.39 is 11.8 Å². The first-order valence-corrected chi connectivity index (χ1v) is 10.5. The first kappa shape index (κ1) is 21.5. The number of Topliss-reactive ketones (excluding diaryl/α,β-unsaturated/α-hetero) is 1. The fourth-order valence-corrected chi connectivity index (χ4v) is 4.24. The summed E-state index contributed by atoms with van der Waals surface area (Å²) in [5.74, 6) is -0.310. The van der Waals surface area contributed by atoms with Gasteiger partial charge in [0.1, 0.15) is 11.6 Å². The van der Waals surface area contributed by atoms with Gasteiger partial charge in [-0.1, -0.05) is 23.7 Å². The monoisotopic (exact) mass is 448 g/mol. The Kier molecular flexibility index (Phi) is 5.89. The number of ketones is 1. The van der Waals surface area contributed by atoms with Gasteiger partial charge in [-0.25, -0.2) is 5.01 Å². The van der Waals surface area contributed by atoms with Crippen molar-refractivity contribution in [3.05, 3.63) is 87.3 Å². The van der Waals surface area contributed by atoms with Crippen molar-refractivity contribution in [1.82, 2.24) is 10.4 Å². The summed E-state index contributed by atoms with van der Waals surface area (Å²) >= 11 is 5.91. The van der Waals surface area contributed by atoms with Crippen molar-refractivity contribution in [3.63, 3.8) is 0 Å². The Labute approximate surface area is 190 Å². The molecule has 3 N–H and O–H groups in total. The van der Waals surface area contributed by atoms with Crippen LogP contribution in [0.1, 0.15) is 41.1 Å². The topological polar surface area (TPSA) is 108 Å². The zero-order valence-corrected chi connectivity index (χ0v) is 18.1. The number of nitrogens with zero attached hydrogens (tertiary/aromatic N) is 2. The molecule has 0 saturated heterocycles. The molecule has 1 unspecified atom stereocenters. The molecule has 1 atom stereocenters. The van der Waals surface area contributed by atoms with Crippen LogP contribution in [0, 0.1) is 11.3 Å². The summed E-state index contributed by atoms with van der Waals surface area (Å²) in [5.41, 5.74) is 11.6. The molecule has 8 heteroatoms.